The highest BCUT2D eigenvalue weighted by Gasteiger charge is 2.02. The average molecular weight is 242 g/mol. The Morgan fingerprint density at radius 1 is 0.706 bits per heavy atom. The van der Waals surface area contributed by atoms with Crippen molar-refractivity contribution in [2.24, 2.45) is 0 Å². The first-order valence-electron chi connectivity index (χ1n) is 7.78. The van der Waals surface area contributed by atoms with E-state index in [1.54, 1.807) is 0 Å². The van der Waals surface area contributed by atoms with Gasteiger partial charge in [0, 0.05) is 0 Å². The first kappa shape index (κ1) is 16.9. The molecule has 0 amide bonds. The van der Waals surface area contributed by atoms with Crippen LogP contribution < -0.4 is 5.32 Å². The van der Waals surface area contributed by atoms with E-state index >= 15 is 0 Å². The third-order valence-electron chi connectivity index (χ3n) is 3.23. The van der Waals surface area contributed by atoms with E-state index < -0.39 is 0 Å². The highest BCUT2D eigenvalue weighted by atomic mass is 15.1. The Hall–Kier alpha value is -0.0800. The van der Waals surface area contributed by atoms with Gasteiger partial charge in [0.1, 0.15) is 0 Å². The molecule has 0 aliphatic rings. The number of nitrogens with one attached hydrogen (secondary N) is 1. The summed E-state index contributed by atoms with van der Waals surface area (Å²) in [6.45, 7) is 13.0. The maximum Gasteiger partial charge on any atom is -0.00187 e. The molecule has 0 spiro atoms. The summed E-state index contributed by atoms with van der Waals surface area (Å²) in [6, 6.07) is 0. The van der Waals surface area contributed by atoms with Crippen molar-refractivity contribution >= 4 is 0 Å². The molecule has 0 aromatic carbocycles. The van der Waals surface area contributed by atoms with Crippen molar-refractivity contribution in [2.75, 3.05) is 32.7 Å². The molecule has 0 saturated carbocycles. The van der Waals surface area contributed by atoms with Gasteiger partial charge in [-0.05, 0) is 58.4 Å². The molecule has 0 heterocycles. The Labute approximate surface area is 109 Å². The van der Waals surface area contributed by atoms with E-state index in [1.807, 2.05) is 0 Å². The van der Waals surface area contributed by atoms with Crippen molar-refractivity contribution in [3.8, 4) is 0 Å². The first-order valence-corrected chi connectivity index (χ1v) is 7.78. The molecule has 2 nitrogen and oxygen atoms in total. The summed E-state index contributed by atoms with van der Waals surface area (Å²) < 4.78 is 0. The van der Waals surface area contributed by atoms with Gasteiger partial charge in [-0.15, -0.1) is 0 Å². The summed E-state index contributed by atoms with van der Waals surface area (Å²) in [4.78, 5) is 2.67. The molecule has 0 aromatic heterocycles. The van der Waals surface area contributed by atoms with Crippen LogP contribution in [-0.4, -0.2) is 37.6 Å². The zero-order valence-corrected chi connectivity index (χ0v) is 12.4. The molecule has 0 saturated heterocycles. The van der Waals surface area contributed by atoms with Crippen molar-refractivity contribution in [3.63, 3.8) is 0 Å². The number of hydrogen-bond acceptors (Lipinski definition) is 2. The van der Waals surface area contributed by atoms with Crippen LogP contribution in [0.5, 0.6) is 0 Å². The van der Waals surface area contributed by atoms with Crippen molar-refractivity contribution in [2.45, 2.75) is 65.7 Å². The second kappa shape index (κ2) is 14.0. The lowest BCUT2D eigenvalue weighted by Crippen LogP contribution is -2.27. The second-order valence-electron chi connectivity index (χ2n) is 4.96. The molecule has 2 heteroatoms. The summed E-state index contributed by atoms with van der Waals surface area (Å²) in [5, 5.41) is 3.39. The smallest absolute Gasteiger partial charge is 0.00187 e. The lowest BCUT2D eigenvalue weighted by molar-refractivity contribution is 0.259. The Morgan fingerprint density at radius 2 is 1.29 bits per heavy atom. The third-order valence-corrected chi connectivity index (χ3v) is 3.23. The highest BCUT2D eigenvalue weighted by Crippen LogP contribution is 2.03. The number of hydrogen-bond donors (Lipinski definition) is 1. The molecule has 0 fully saturated rings. The van der Waals surface area contributed by atoms with Gasteiger partial charge in [-0.25, -0.2) is 0 Å². The van der Waals surface area contributed by atoms with Crippen LogP contribution >= 0.6 is 0 Å². The minimum atomic E-state index is 1.11. The molecule has 0 unspecified atom stereocenters. The van der Waals surface area contributed by atoms with Crippen LogP contribution in [0.1, 0.15) is 65.7 Å². The lowest BCUT2D eigenvalue weighted by Gasteiger charge is -2.21. The molecule has 1 N–H and O–H groups in total. The molecule has 0 aliphatic carbocycles. The SMILES string of the molecule is CCCCN(CCCC)CCCCCNCC. The summed E-state index contributed by atoms with van der Waals surface area (Å²) >= 11 is 0. The van der Waals surface area contributed by atoms with Crippen LogP contribution in [-0.2, 0) is 0 Å². The number of rotatable bonds is 13. The molecule has 0 aliphatic heterocycles. The fourth-order valence-corrected chi connectivity index (χ4v) is 2.04. The molecular formula is C15H34N2. The zero-order valence-electron chi connectivity index (χ0n) is 12.4. The van der Waals surface area contributed by atoms with Crippen LogP contribution in [0.15, 0.2) is 0 Å². The maximum atomic E-state index is 3.39. The molecule has 0 bridgehead atoms. The molecular weight excluding hydrogens is 208 g/mol. The van der Waals surface area contributed by atoms with Crippen LogP contribution in [0.2, 0.25) is 0 Å². The molecule has 0 radical (unpaired) electrons. The molecule has 0 aromatic rings. The summed E-state index contributed by atoms with van der Waals surface area (Å²) in [7, 11) is 0. The Balaban J connectivity index is 3.45. The van der Waals surface area contributed by atoms with E-state index in [4.69, 9.17) is 0 Å². The molecule has 17 heavy (non-hydrogen) atoms. The zero-order chi connectivity index (χ0) is 12.8. The standard InChI is InChI=1S/C15H34N2/c1-4-7-13-17(14-8-5-2)15-11-9-10-12-16-6-3/h16H,4-15H2,1-3H3. The predicted molar refractivity (Wildman–Crippen MR) is 78.7 cm³/mol. The predicted octanol–water partition coefficient (Wildman–Crippen LogP) is 3.67. The highest BCUT2D eigenvalue weighted by molar-refractivity contribution is 4.58. The van der Waals surface area contributed by atoms with E-state index in [0.717, 1.165) is 6.54 Å². The lowest BCUT2D eigenvalue weighted by atomic mass is 10.2. The quantitative estimate of drug-likeness (QED) is 0.496. The normalized spacial score (nSPS) is 11.3. The Kier molecular flexibility index (Phi) is 13.9. The Morgan fingerprint density at radius 3 is 1.82 bits per heavy atom. The molecule has 104 valence electrons. The topological polar surface area (TPSA) is 15.3 Å². The largest absolute Gasteiger partial charge is 0.317 e. The van der Waals surface area contributed by atoms with E-state index in [2.05, 4.69) is 31.0 Å². The monoisotopic (exact) mass is 242 g/mol. The van der Waals surface area contributed by atoms with Gasteiger partial charge in [0.2, 0.25) is 0 Å². The van der Waals surface area contributed by atoms with E-state index in [-0.39, 0.29) is 0 Å². The first-order chi connectivity index (χ1) is 8.35. The third kappa shape index (κ3) is 12.2. The van der Waals surface area contributed by atoms with Crippen LogP contribution in [0.25, 0.3) is 0 Å². The van der Waals surface area contributed by atoms with Gasteiger partial charge in [-0.3, -0.25) is 0 Å². The van der Waals surface area contributed by atoms with Crippen molar-refractivity contribution < 1.29 is 0 Å². The second-order valence-corrected chi connectivity index (χ2v) is 4.96. The van der Waals surface area contributed by atoms with Crippen LogP contribution in [0.3, 0.4) is 0 Å². The maximum absolute atomic E-state index is 3.39. The summed E-state index contributed by atoms with van der Waals surface area (Å²) in [6.07, 6.45) is 9.46. The van der Waals surface area contributed by atoms with E-state index in [9.17, 15) is 0 Å². The van der Waals surface area contributed by atoms with Gasteiger partial charge in [0.15, 0.2) is 0 Å². The van der Waals surface area contributed by atoms with E-state index in [0.29, 0.717) is 0 Å². The Bertz CT molecular complexity index is 129. The summed E-state index contributed by atoms with van der Waals surface area (Å²) in [5.41, 5.74) is 0. The van der Waals surface area contributed by atoms with Gasteiger partial charge in [-0.1, -0.05) is 40.0 Å². The molecule has 0 atom stereocenters. The minimum absolute atomic E-state index is 1.11. The van der Waals surface area contributed by atoms with Gasteiger partial charge in [-0.2, -0.15) is 0 Å². The van der Waals surface area contributed by atoms with Crippen molar-refractivity contribution in [3.05, 3.63) is 0 Å². The van der Waals surface area contributed by atoms with Gasteiger partial charge >= 0.3 is 0 Å². The van der Waals surface area contributed by atoms with Gasteiger partial charge in [0.05, 0.1) is 0 Å². The van der Waals surface area contributed by atoms with Gasteiger partial charge in [0.25, 0.3) is 0 Å². The van der Waals surface area contributed by atoms with Crippen LogP contribution in [0.4, 0.5) is 0 Å². The molecule has 0 rings (SSSR count). The van der Waals surface area contributed by atoms with Crippen LogP contribution in [0, 0.1) is 0 Å². The minimum Gasteiger partial charge on any atom is -0.317 e. The fourth-order valence-electron chi connectivity index (χ4n) is 2.04. The van der Waals surface area contributed by atoms with Gasteiger partial charge < -0.3 is 10.2 Å². The average Bonchev–Trinajstić information content (AvgIpc) is 2.35. The summed E-state index contributed by atoms with van der Waals surface area (Å²) in [5.74, 6) is 0. The number of unbranched alkanes of at least 4 members (excludes halogenated alkanes) is 4. The van der Waals surface area contributed by atoms with E-state index in [1.165, 1.54) is 71.1 Å². The van der Waals surface area contributed by atoms with Crippen molar-refractivity contribution in [1.29, 1.82) is 0 Å². The fraction of sp³-hybridized carbons (Fsp3) is 1.00. The van der Waals surface area contributed by atoms with Crippen molar-refractivity contribution in [1.82, 2.24) is 10.2 Å². The number of nitrogens with zero attached hydrogens (tertiary/aromatic N) is 1.